The minimum atomic E-state index is -5.27. The summed E-state index contributed by atoms with van der Waals surface area (Å²) in [5.41, 5.74) is -0.00285. The molecule has 6 rings (SSSR count). The van der Waals surface area contributed by atoms with Crippen molar-refractivity contribution in [2.24, 2.45) is 5.41 Å². The van der Waals surface area contributed by atoms with Gasteiger partial charge < -0.3 is 9.80 Å². The standard InChI is InChI=1S/C27H30BrF3N5O4/c1-26(2,3)15-36(40-24(38)27(29,30)31)20-11-12-21(32-22(20)33(4)25(36)39)34-13-19-10-9-18(34)14-35(19)23(37)16-5-7-17(28)8-6-16/h5-8,11-12,18-19H,9-10,13-15H2,1-4H3/q+1. The molecule has 1 aromatic carbocycles. The van der Waals surface area contributed by atoms with Gasteiger partial charge in [-0.3, -0.25) is 9.63 Å². The molecule has 1 aromatic heterocycles. The van der Waals surface area contributed by atoms with Crippen LogP contribution in [-0.4, -0.2) is 72.7 Å². The molecule has 3 unspecified atom stereocenters. The van der Waals surface area contributed by atoms with E-state index in [0.29, 0.717) is 24.5 Å². The van der Waals surface area contributed by atoms with E-state index in [1.54, 1.807) is 39.0 Å². The number of nitrogens with zero attached hydrogens (tertiary/aromatic N) is 5. The molecule has 13 heteroatoms. The average molecular weight is 625 g/mol. The Morgan fingerprint density at radius 1 is 1.05 bits per heavy atom. The number of hydroxylamine groups is 2. The van der Waals surface area contributed by atoms with Gasteiger partial charge in [0.2, 0.25) is 11.5 Å². The summed E-state index contributed by atoms with van der Waals surface area (Å²) in [6.07, 6.45) is -3.59. The molecule has 9 nitrogen and oxygen atoms in total. The number of piperazine rings is 1. The van der Waals surface area contributed by atoms with Gasteiger partial charge in [-0.15, -0.1) is 0 Å². The number of alkyl halides is 3. The summed E-state index contributed by atoms with van der Waals surface area (Å²) >= 11 is 3.39. The Labute approximate surface area is 238 Å². The van der Waals surface area contributed by atoms with E-state index in [2.05, 4.69) is 20.8 Å². The third-order valence-electron chi connectivity index (χ3n) is 7.49. The molecule has 5 heterocycles. The number of hydrogen-bond donors (Lipinski definition) is 0. The molecular weight excluding hydrogens is 595 g/mol. The fourth-order valence-corrected chi connectivity index (χ4v) is 6.07. The summed E-state index contributed by atoms with van der Waals surface area (Å²) in [4.78, 5) is 53.4. The summed E-state index contributed by atoms with van der Waals surface area (Å²) in [5, 5.41) is 0. The van der Waals surface area contributed by atoms with Gasteiger partial charge in [0.15, 0.2) is 0 Å². The van der Waals surface area contributed by atoms with Crippen LogP contribution in [-0.2, 0) is 9.63 Å². The largest absolute Gasteiger partial charge is 0.497 e. The number of quaternary nitrogens is 1. The monoisotopic (exact) mass is 624 g/mol. The van der Waals surface area contributed by atoms with Crippen molar-refractivity contribution in [2.75, 3.05) is 36.5 Å². The van der Waals surface area contributed by atoms with Gasteiger partial charge >= 0.3 is 18.2 Å². The second kappa shape index (κ2) is 9.72. The Hall–Kier alpha value is -3.19. The number of rotatable bonds is 4. The molecule has 3 atom stereocenters. The summed E-state index contributed by atoms with van der Waals surface area (Å²) in [5.74, 6) is -1.81. The van der Waals surface area contributed by atoms with E-state index in [0.717, 1.165) is 22.2 Å². The van der Waals surface area contributed by atoms with Gasteiger partial charge in [0.25, 0.3) is 5.91 Å². The highest BCUT2D eigenvalue weighted by Gasteiger charge is 2.61. The number of hydrogen-bond acceptors (Lipinski definition) is 6. The molecule has 0 aliphatic carbocycles. The molecule has 4 aliphatic heterocycles. The Bertz CT molecular complexity index is 1360. The van der Waals surface area contributed by atoms with Crippen LogP contribution in [0.15, 0.2) is 40.9 Å². The Kier molecular flexibility index (Phi) is 6.89. The fourth-order valence-electron chi connectivity index (χ4n) is 5.81. The van der Waals surface area contributed by atoms with Gasteiger partial charge in [0, 0.05) is 53.7 Å². The lowest BCUT2D eigenvalue weighted by Crippen LogP contribution is -2.64. The molecule has 2 aromatic rings. The van der Waals surface area contributed by atoms with Crippen molar-refractivity contribution in [3.05, 3.63) is 46.4 Å². The molecule has 214 valence electrons. The highest BCUT2D eigenvalue weighted by Crippen LogP contribution is 2.46. The van der Waals surface area contributed by atoms with Gasteiger partial charge in [-0.2, -0.15) is 13.2 Å². The van der Waals surface area contributed by atoms with Gasteiger partial charge in [-0.05, 0) is 47.8 Å². The molecule has 3 saturated heterocycles. The van der Waals surface area contributed by atoms with Crippen molar-refractivity contribution in [1.29, 1.82) is 0 Å². The Morgan fingerprint density at radius 3 is 2.27 bits per heavy atom. The second-order valence-corrected chi connectivity index (χ2v) is 12.6. The van der Waals surface area contributed by atoms with Gasteiger partial charge in [-0.25, -0.2) is 19.5 Å². The summed E-state index contributed by atoms with van der Waals surface area (Å²) in [7, 11) is 1.41. The molecule has 0 spiro atoms. The highest BCUT2D eigenvalue weighted by atomic mass is 79.9. The molecule has 3 amide bonds. The van der Waals surface area contributed by atoms with Crippen LogP contribution in [0.1, 0.15) is 44.0 Å². The number of benzene rings is 1. The predicted molar refractivity (Wildman–Crippen MR) is 146 cm³/mol. The lowest BCUT2D eigenvalue weighted by molar-refractivity contribution is -0.226. The number of amides is 3. The van der Waals surface area contributed by atoms with E-state index in [1.165, 1.54) is 13.1 Å². The third-order valence-corrected chi connectivity index (χ3v) is 8.01. The zero-order valence-electron chi connectivity index (χ0n) is 22.5. The first kappa shape index (κ1) is 28.3. The number of carbonyl (C=O) groups is 3. The third kappa shape index (κ3) is 4.93. The number of urea groups is 1. The second-order valence-electron chi connectivity index (χ2n) is 11.7. The van der Waals surface area contributed by atoms with Gasteiger partial charge in [-0.1, -0.05) is 36.7 Å². The van der Waals surface area contributed by atoms with Crippen molar-refractivity contribution in [1.82, 2.24) is 14.5 Å². The van der Waals surface area contributed by atoms with Crippen LogP contribution in [0, 0.1) is 5.41 Å². The molecule has 0 N–H and O–H groups in total. The number of piperidine rings is 2. The maximum atomic E-state index is 13.5. The van der Waals surface area contributed by atoms with Crippen molar-refractivity contribution in [2.45, 2.75) is 51.9 Å². The van der Waals surface area contributed by atoms with Crippen molar-refractivity contribution in [3.63, 3.8) is 0 Å². The molecule has 0 saturated carbocycles. The minimum Gasteiger partial charge on any atom is -0.350 e. The van der Waals surface area contributed by atoms with E-state index in [-0.39, 0.29) is 36.0 Å². The quantitative estimate of drug-likeness (QED) is 0.431. The molecular formula is C27H30BrF3N5O4+. The first-order chi connectivity index (χ1) is 18.6. The van der Waals surface area contributed by atoms with Crippen molar-refractivity contribution in [3.8, 4) is 0 Å². The van der Waals surface area contributed by atoms with E-state index in [1.807, 2.05) is 17.0 Å². The maximum absolute atomic E-state index is 13.5. The van der Waals surface area contributed by atoms with Crippen LogP contribution in [0.25, 0.3) is 0 Å². The van der Waals surface area contributed by atoms with Crippen LogP contribution in [0.3, 0.4) is 0 Å². The summed E-state index contributed by atoms with van der Waals surface area (Å²) in [6, 6.07) is 9.50. The van der Waals surface area contributed by atoms with Gasteiger partial charge in [0.1, 0.15) is 12.4 Å². The lowest BCUT2D eigenvalue weighted by Gasteiger charge is -2.52. The van der Waals surface area contributed by atoms with E-state index in [4.69, 9.17) is 9.82 Å². The number of pyridine rings is 1. The normalized spacial score (nSPS) is 24.4. The van der Waals surface area contributed by atoms with Crippen molar-refractivity contribution < 1.29 is 32.4 Å². The molecule has 0 radical (unpaired) electrons. The number of carbonyl (C=O) groups excluding carboxylic acids is 3. The van der Waals surface area contributed by atoms with Crippen LogP contribution >= 0.6 is 15.9 Å². The summed E-state index contributed by atoms with van der Waals surface area (Å²) < 4.78 is 39.4. The first-order valence-corrected chi connectivity index (χ1v) is 13.7. The smallest absolute Gasteiger partial charge is 0.350 e. The minimum absolute atomic E-state index is 0.0192. The molecule has 3 fully saturated rings. The number of anilines is 2. The Balaban J connectivity index is 1.44. The van der Waals surface area contributed by atoms with E-state index < -0.39 is 28.2 Å². The highest BCUT2D eigenvalue weighted by molar-refractivity contribution is 9.10. The molecule has 4 aliphatic rings. The fraction of sp³-hybridized carbons (Fsp3) is 0.481. The van der Waals surface area contributed by atoms with E-state index in [9.17, 15) is 27.6 Å². The van der Waals surface area contributed by atoms with Gasteiger partial charge in [0.05, 0.1) is 0 Å². The Morgan fingerprint density at radius 2 is 1.70 bits per heavy atom. The summed E-state index contributed by atoms with van der Waals surface area (Å²) in [6.45, 7) is 6.04. The number of fused-ring (bicyclic) bond motifs is 4. The number of aromatic nitrogens is 1. The zero-order valence-corrected chi connectivity index (χ0v) is 24.1. The van der Waals surface area contributed by atoms with E-state index >= 15 is 0 Å². The number of halogens is 4. The topological polar surface area (TPSA) is 83.0 Å². The zero-order chi connectivity index (χ0) is 29.2. The molecule has 2 bridgehead atoms. The van der Waals surface area contributed by atoms with Crippen molar-refractivity contribution >= 4 is 51.2 Å². The first-order valence-electron chi connectivity index (χ1n) is 12.9. The SMILES string of the molecule is CN1C(=O)[N+](CC(C)(C)C)(OC(=O)C(F)(F)F)c2ccc(N3CC4CCC3CN4C(=O)c3ccc(Br)cc3)nc21. The predicted octanol–water partition coefficient (Wildman–Crippen LogP) is 5.28. The van der Waals surface area contributed by atoms with Crippen LogP contribution in [0.2, 0.25) is 0 Å². The molecule has 40 heavy (non-hydrogen) atoms. The van der Waals surface area contributed by atoms with Crippen LogP contribution in [0.4, 0.5) is 35.3 Å². The average Bonchev–Trinajstić information content (AvgIpc) is 3.08. The lowest BCUT2D eigenvalue weighted by atomic mass is 9.90. The maximum Gasteiger partial charge on any atom is 0.497 e. The van der Waals surface area contributed by atoms with Crippen LogP contribution < -0.4 is 14.4 Å². The van der Waals surface area contributed by atoms with Crippen LogP contribution in [0.5, 0.6) is 0 Å².